The van der Waals surface area contributed by atoms with E-state index in [2.05, 4.69) is 237 Å². The lowest BCUT2D eigenvalue weighted by molar-refractivity contribution is 0.293. The van der Waals surface area contributed by atoms with Crippen LogP contribution in [-0.4, -0.2) is 0 Å². The van der Waals surface area contributed by atoms with Crippen molar-refractivity contribution in [2.24, 2.45) is 11.3 Å². The smallest absolute Gasteiger partial charge is 0.0543 e. The normalized spacial score (nSPS) is 16.3. The molecule has 0 amide bonds. The van der Waals surface area contributed by atoms with Crippen molar-refractivity contribution >= 4 is 82.3 Å². The van der Waals surface area contributed by atoms with Gasteiger partial charge >= 0.3 is 0 Å². The number of fused-ring (bicyclic) bond motifs is 2. The van der Waals surface area contributed by atoms with E-state index in [1.54, 1.807) is 0 Å². The lowest BCUT2D eigenvalue weighted by Crippen LogP contribution is -2.25. The van der Waals surface area contributed by atoms with Crippen LogP contribution in [0, 0.1) is 11.3 Å². The summed E-state index contributed by atoms with van der Waals surface area (Å²) in [5, 5.41) is 13.2. The summed E-state index contributed by atoms with van der Waals surface area (Å²) in [6.45, 7) is 23.7. The number of anilines is 5. The van der Waals surface area contributed by atoms with Gasteiger partial charge < -0.3 is 9.80 Å². The van der Waals surface area contributed by atoms with Crippen molar-refractivity contribution in [3.05, 3.63) is 186 Å². The van der Waals surface area contributed by atoms with E-state index in [0.717, 1.165) is 19.3 Å². The Balaban J connectivity index is 1.25. The molecule has 0 spiro atoms. The van der Waals surface area contributed by atoms with Crippen molar-refractivity contribution in [3.8, 4) is 0 Å². The molecule has 11 rings (SSSR count). The highest BCUT2D eigenvalue weighted by Gasteiger charge is 2.35. The van der Waals surface area contributed by atoms with E-state index >= 15 is 0 Å². The van der Waals surface area contributed by atoms with Crippen molar-refractivity contribution in [1.29, 1.82) is 0 Å². The number of allylic oxidation sites excluding steroid dienone is 3. The van der Waals surface area contributed by atoms with Gasteiger partial charge in [0.15, 0.2) is 0 Å². The zero-order valence-corrected chi connectivity index (χ0v) is 40.7. The summed E-state index contributed by atoms with van der Waals surface area (Å²) in [5.41, 5.74) is 13.1. The van der Waals surface area contributed by atoms with Crippen LogP contribution in [0.15, 0.2) is 163 Å². The third kappa shape index (κ3) is 6.98. The van der Waals surface area contributed by atoms with Crippen molar-refractivity contribution in [2.45, 2.75) is 105 Å². The molecule has 0 saturated carbocycles. The summed E-state index contributed by atoms with van der Waals surface area (Å²) >= 11 is 0. The molecule has 330 valence electrons. The molecule has 0 aliphatic heterocycles. The Labute approximate surface area is 392 Å². The lowest BCUT2D eigenvalue weighted by Gasteiger charge is -2.38. The van der Waals surface area contributed by atoms with Crippen molar-refractivity contribution < 1.29 is 0 Å². The maximum Gasteiger partial charge on any atom is 0.0543 e. The first kappa shape index (κ1) is 42.3. The monoisotopic (exact) mass is 861 g/mol. The molecule has 0 saturated heterocycles. The van der Waals surface area contributed by atoms with E-state index in [9.17, 15) is 0 Å². The van der Waals surface area contributed by atoms with E-state index < -0.39 is 0 Å². The third-order valence-corrected chi connectivity index (χ3v) is 15.3. The van der Waals surface area contributed by atoms with Crippen molar-refractivity contribution in [1.82, 2.24) is 0 Å². The third-order valence-electron chi connectivity index (χ3n) is 15.3. The minimum absolute atomic E-state index is 0.00787. The summed E-state index contributed by atoms with van der Waals surface area (Å²) in [5.74, 6) is 0.787. The van der Waals surface area contributed by atoms with Crippen molar-refractivity contribution in [3.63, 3.8) is 0 Å². The summed E-state index contributed by atoms with van der Waals surface area (Å²) in [6, 6.07) is 53.7. The van der Waals surface area contributed by atoms with Crippen LogP contribution in [0.5, 0.6) is 0 Å². The molecule has 0 heterocycles. The lowest BCUT2D eigenvalue weighted by atomic mass is 9.70. The average Bonchev–Trinajstić information content (AvgIpc) is 3.30. The highest BCUT2D eigenvalue weighted by molar-refractivity contribution is 6.30. The van der Waals surface area contributed by atoms with Gasteiger partial charge in [-0.2, -0.15) is 0 Å². The van der Waals surface area contributed by atoms with Crippen LogP contribution in [-0.2, 0) is 17.3 Å². The van der Waals surface area contributed by atoms with Gasteiger partial charge in [0, 0.05) is 38.9 Å². The Bertz CT molecular complexity index is 3420. The highest BCUT2D eigenvalue weighted by atomic mass is 15.2. The molecule has 2 nitrogen and oxygen atoms in total. The van der Waals surface area contributed by atoms with E-state index in [4.69, 9.17) is 0 Å². The van der Waals surface area contributed by atoms with Gasteiger partial charge in [0.05, 0.1) is 11.4 Å². The van der Waals surface area contributed by atoms with E-state index in [0.29, 0.717) is 11.8 Å². The fourth-order valence-electron chi connectivity index (χ4n) is 11.3. The van der Waals surface area contributed by atoms with Crippen LogP contribution in [0.3, 0.4) is 0 Å². The predicted octanol–water partition coefficient (Wildman–Crippen LogP) is 18.6. The van der Waals surface area contributed by atoms with Gasteiger partial charge in [0.25, 0.3) is 0 Å². The molecule has 66 heavy (non-hydrogen) atoms. The first-order valence-corrected chi connectivity index (χ1v) is 24.4. The summed E-state index contributed by atoms with van der Waals surface area (Å²) in [6.07, 6.45) is 10.5. The molecule has 0 radical (unpaired) electrons. The van der Waals surface area contributed by atoms with Gasteiger partial charge in [-0.3, -0.25) is 0 Å². The van der Waals surface area contributed by atoms with Gasteiger partial charge in [0.2, 0.25) is 0 Å². The second kappa shape index (κ2) is 15.3. The molecule has 2 aliphatic carbocycles. The fraction of sp³-hybridized carbons (Fsp3) is 0.281. The Morgan fingerprint density at radius 3 is 1.74 bits per heavy atom. The first-order valence-electron chi connectivity index (χ1n) is 24.4. The largest absolute Gasteiger partial charge is 0.310 e. The topological polar surface area (TPSA) is 6.48 Å². The van der Waals surface area contributed by atoms with Gasteiger partial charge in [-0.15, -0.1) is 0 Å². The average molecular weight is 861 g/mol. The minimum Gasteiger partial charge on any atom is -0.310 e. The van der Waals surface area contributed by atoms with Crippen molar-refractivity contribution in [2.75, 3.05) is 9.80 Å². The molecule has 9 aromatic carbocycles. The fourth-order valence-corrected chi connectivity index (χ4v) is 11.3. The van der Waals surface area contributed by atoms with Gasteiger partial charge in [-0.1, -0.05) is 166 Å². The zero-order valence-electron chi connectivity index (χ0n) is 40.7. The standard InChI is InChI=1S/C64H64N2/c1-40(2)54-39-58(66(49-29-23-47(24-30-49)63(6,7)8)51-26-20-42-16-12-14-18-44(42)36-51)55-38-56-59-45(33-34-64(56,9)10)37-57(53-32-31-52(54)60(55)61(53)59)65(48-27-21-46(22-28-48)62(3,4)5)50-25-19-41-15-11-13-17-43(41)35-50/h11-21,23-32,35-40,46H,22,33-34H2,1-10H3. The number of aryl methyl sites for hydroxylation is 1. The number of hydrogen-bond donors (Lipinski definition) is 0. The maximum absolute atomic E-state index is 2.61. The molecular formula is C64H64N2. The van der Waals surface area contributed by atoms with Gasteiger partial charge in [-0.25, -0.2) is 0 Å². The molecule has 2 heteroatoms. The molecule has 1 unspecified atom stereocenters. The van der Waals surface area contributed by atoms with E-state index in [-0.39, 0.29) is 16.2 Å². The number of benzene rings is 9. The second-order valence-electron chi connectivity index (χ2n) is 22.6. The molecular weight excluding hydrogens is 797 g/mol. The highest BCUT2D eigenvalue weighted by Crippen LogP contribution is 2.54. The number of rotatable bonds is 7. The summed E-state index contributed by atoms with van der Waals surface area (Å²) in [4.78, 5) is 5.15. The summed E-state index contributed by atoms with van der Waals surface area (Å²) in [7, 11) is 0. The molecule has 9 aromatic rings. The Morgan fingerprint density at radius 1 is 0.561 bits per heavy atom. The molecule has 1 atom stereocenters. The Kier molecular flexibility index (Phi) is 9.83. The minimum atomic E-state index is -0.00787. The number of nitrogens with zero attached hydrogens (tertiary/aromatic N) is 2. The number of hydrogen-bond acceptors (Lipinski definition) is 2. The van der Waals surface area contributed by atoms with Gasteiger partial charge in [-0.05, 0) is 168 Å². The first-order chi connectivity index (χ1) is 31.5. The van der Waals surface area contributed by atoms with E-state index in [1.165, 1.54) is 110 Å². The maximum atomic E-state index is 2.61. The second-order valence-corrected chi connectivity index (χ2v) is 22.6. The summed E-state index contributed by atoms with van der Waals surface area (Å²) < 4.78 is 0. The molecule has 2 aliphatic rings. The van der Waals surface area contributed by atoms with E-state index in [1.807, 2.05) is 0 Å². The Morgan fingerprint density at radius 2 is 1.15 bits per heavy atom. The molecule has 0 bridgehead atoms. The van der Waals surface area contributed by atoms with Crippen LogP contribution in [0.4, 0.5) is 28.4 Å². The van der Waals surface area contributed by atoms with Crippen LogP contribution >= 0.6 is 0 Å². The van der Waals surface area contributed by atoms with Crippen LogP contribution < -0.4 is 9.80 Å². The van der Waals surface area contributed by atoms with Crippen LogP contribution in [0.25, 0.3) is 53.9 Å². The molecule has 0 fully saturated rings. The zero-order chi connectivity index (χ0) is 45.9. The quantitative estimate of drug-likeness (QED) is 0.147. The molecule has 0 N–H and O–H groups in total. The Hall–Kier alpha value is -6.38. The van der Waals surface area contributed by atoms with Crippen LogP contribution in [0.2, 0.25) is 0 Å². The molecule has 0 aromatic heterocycles. The SMILES string of the molecule is CC(C)c1cc(N(c2ccc(C(C)(C)C)cc2)c2ccc3ccccc3c2)c2cc3c4c(cc(N(C5=CCC(C(C)(C)C)C=C5)c5ccc6ccccc6c5)c5ccc1c2c54)CCC3(C)C. The van der Waals surface area contributed by atoms with Crippen LogP contribution in [0.1, 0.15) is 110 Å². The predicted molar refractivity (Wildman–Crippen MR) is 287 cm³/mol. The van der Waals surface area contributed by atoms with Gasteiger partial charge in [0.1, 0.15) is 0 Å².